The molecular weight excluding hydrogens is 340 g/mol. The molecule has 1 fully saturated rings. The van der Waals surface area contributed by atoms with Gasteiger partial charge in [-0.3, -0.25) is 4.99 Å². The molecule has 6 nitrogen and oxygen atoms in total. The maximum atomic E-state index is 6.09. The molecule has 1 saturated heterocycles. The monoisotopic (exact) mass is 370 g/mol. The van der Waals surface area contributed by atoms with Crippen LogP contribution >= 0.6 is 0 Å². The minimum absolute atomic E-state index is 0.267. The molecular formula is C21H30N4O2. The number of likely N-dealkylation sites (tertiary alicyclic amines) is 1. The van der Waals surface area contributed by atoms with Crippen LogP contribution in [0.4, 0.5) is 0 Å². The Bertz CT molecular complexity index is 729. The summed E-state index contributed by atoms with van der Waals surface area (Å²) < 4.78 is 11.4. The molecule has 0 aliphatic carbocycles. The van der Waals surface area contributed by atoms with Crippen molar-refractivity contribution in [2.45, 2.75) is 45.6 Å². The first-order valence-electron chi connectivity index (χ1n) is 9.68. The molecule has 1 aromatic heterocycles. The van der Waals surface area contributed by atoms with Gasteiger partial charge in [0, 0.05) is 51.0 Å². The molecule has 0 amide bonds. The van der Waals surface area contributed by atoms with E-state index in [1.165, 1.54) is 5.56 Å². The zero-order chi connectivity index (χ0) is 19.2. The standard InChI is InChI=1S/C21H30N4O2/c1-15(20-16(2)24-27-17(20)3)14-23-21(22-4)25-12-10-19(11-13-25)26-18-8-6-5-7-9-18/h5-9,15,19H,10-14H2,1-4H3,(H,22,23). The highest BCUT2D eigenvalue weighted by atomic mass is 16.5. The summed E-state index contributed by atoms with van der Waals surface area (Å²) in [5.41, 5.74) is 2.16. The van der Waals surface area contributed by atoms with Crippen molar-refractivity contribution in [3.8, 4) is 5.75 Å². The Labute approximate surface area is 161 Å². The third-order valence-electron chi connectivity index (χ3n) is 5.15. The zero-order valence-electron chi connectivity index (χ0n) is 16.7. The van der Waals surface area contributed by atoms with Gasteiger partial charge < -0.3 is 19.5 Å². The van der Waals surface area contributed by atoms with E-state index in [1.54, 1.807) is 0 Å². The molecule has 6 heteroatoms. The number of aliphatic imine (C=N–C) groups is 1. The van der Waals surface area contributed by atoms with E-state index >= 15 is 0 Å². The van der Waals surface area contributed by atoms with Gasteiger partial charge in [-0.1, -0.05) is 30.3 Å². The number of hydrogen-bond acceptors (Lipinski definition) is 4. The van der Waals surface area contributed by atoms with E-state index in [0.717, 1.165) is 55.6 Å². The number of piperidine rings is 1. The first kappa shape index (κ1) is 19.3. The highest BCUT2D eigenvalue weighted by Gasteiger charge is 2.23. The summed E-state index contributed by atoms with van der Waals surface area (Å²) in [5, 5.41) is 7.57. The molecule has 1 atom stereocenters. The maximum Gasteiger partial charge on any atom is 0.193 e. The number of nitrogens with zero attached hydrogens (tertiary/aromatic N) is 3. The van der Waals surface area contributed by atoms with Crippen LogP contribution in [0.15, 0.2) is 39.8 Å². The minimum atomic E-state index is 0.267. The van der Waals surface area contributed by atoms with Crippen LogP contribution in [0.5, 0.6) is 5.75 Å². The van der Waals surface area contributed by atoms with Gasteiger partial charge in [0.15, 0.2) is 5.96 Å². The Kier molecular flexibility index (Phi) is 6.37. The lowest BCUT2D eigenvalue weighted by atomic mass is 9.99. The third kappa shape index (κ3) is 4.81. The molecule has 1 N–H and O–H groups in total. The lowest BCUT2D eigenvalue weighted by molar-refractivity contribution is 0.129. The summed E-state index contributed by atoms with van der Waals surface area (Å²) in [4.78, 5) is 6.78. The summed E-state index contributed by atoms with van der Waals surface area (Å²) in [7, 11) is 1.84. The quantitative estimate of drug-likeness (QED) is 0.644. The Balaban J connectivity index is 1.49. The van der Waals surface area contributed by atoms with Crippen molar-refractivity contribution in [3.05, 3.63) is 47.3 Å². The molecule has 3 rings (SSSR count). The van der Waals surface area contributed by atoms with Crippen LogP contribution in [-0.4, -0.2) is 48.8 Å². The number of aromatic nitrogens is 1. The zero-order valence-corrected chi connectivity index (χ0v) is 16.7. The molecule has 0 spiro atoms. The number of aryl methyl sites for hydroxylation is 2. The fraction of sp³-hybridized carbons (Fsp3) is 0.524. The van der Waals surface area contributed by atoms with Crippen molar-refractivity contribution in [1.82, 2.24) is 15.4 Å². The van der Waals surface area contributed by atoms with E-state index in [1.807, 2.05) is 51.2 Å². The molecule has 146 valence electrons. The van der Waals surface area contributed by atoms with E-state index in [-0.39, 0.29) is 6.10 Å². The normalized spacial score (nSPS) is 17.0. The molecule has 0 saturated carbocycles. The number of nitrogens with one attached hydrogen (secondary N) is 1. The van der Waals surface area contributed by atoms with Gasteiger partial charge in [0.25, 0.3) is 0 Å². The molecule has 0 bridgehead atoms. The SMILES string of the molecule is CN=C(NCC(C)c1c(C)noc1C)N1CCC(Oc2ccccc2)CC1. The van der Waals surface area contributed by atoms with Gasteiger partial charge >= 0.3 is 0 Å². The Morgan fingerprint density at radius 2 is 2.00 bits per heavy atom. The molecule has 27 heavy (non-hydrogen) atoms. The van der Waals surface area contributed by atoms with Crippen LogP contribution in [0.3, 0.4) is 0 Å². The molecule has 1 aliphatic heterocycles. The molecule has 2 heterocycles. The second kappa shape index (κ2) is 8.93. The van der Waals surface area contributed by atoms with E-state index in [9.17, 15) is 0 Å². The number of rotatable bonds is 5. The van der Waals surface area contributed by atoms with E-state index < -0.39 is 0 Å². The van der Waals surface area contributed by atoms with Crippen molar-refractivity contribution in [3.63, 3.8) is 0 Å². The number of guanidine groups is 1. The van der Waals surface area contributed by atoms with Crippen LogP contribution in [0, 0.1) is 13.8 Å². The third-order valence-corrected chi connectivity index (χ3v) is 5.15. The summed E-state index contributed by atoms with van der Waals surface area (Å²) >= 11 is 0. The maximum absolute atomic E-state index is 6.09. The van der Waals surface area contributed by atoms with Gasteiger partial charge in [-0.2, -0.15) is 0 Å². The largest absolute Gasteiger partial charge is 0.490 e. The minimum Gasteiger partial charge on any atom is -0.490 e. The van der Waals surface area contributed by atoms with Crippen LogP contribution in [0.2, 0.25) is 0 Å². The van der Waals surface area contributed by atoms with Crippen LogP contribution in [0.25, 0.3) is 0 Å². The Hall–Kier alpha value is -2.50. The van der Waals surface area contributed by atoms with Crippen molar-refractivity contribution >= 4 is 5.96 Å². The fourth-order valence-corrected chi connectivity index (χ4v) is 3.75. The summed E-state index contributed by atoms with van der Waals surface area (Å²) in [6, 6.07) is 10.1. The van der Waals surface area contributed by atoms with Gasteiger partial charge in [0.2, 0.25) is 0 Å². The van der Waals surface area contributed by atoms with E-state index in [4.69, 9.17) is 9.26 Å². The van der Waals surface area contributed by atoms with E-state index in [0.29, 0.717) is 5.92 Å². The average Bonchev–Trinajstić information content (AvgIpc) is 3.02. The first-order chi connectivity index (χ1) is 13.1. The van der Waals surface area contributed by atoms with Gasteiger partial charge in [-0.05, 0) is 26.0 Å². The summed E-state index contributed by atoms with van der Waals surface area (Å²) in [6.07, 6.45) is 2.26. The molecule has 1 aromatic carbocycles. The highest BCUT2D eigenvalue weighted by molar-refractivity contribution is 5.80. The number of para-hydroxylation sites is 1. The van der Waals surface area contributed by atoms with Crippen LogP contribution < -0.4 is 10.1 Å². The lowest BCUT2D eigenvalue weighted by Gasteiger charge is -2.34. The van der Waals surface area contributed by atoms with Crippen molar-refractivity contribution in [2.24, 2.45) is 4.99 Å². The Morgan fingerprint density at radius 1 is 1.30 bits per heavy atom. The number of ether oxygens (including phenoxy) is 1. The molecule has 1 aliphatic rings. The summed E-state index contributed by atoms with van der Waals surface area (Å²) in [5.74, 6) is 3.11. The smallest absolute Gasteiger partial charge is 0.193 e. The molecule has 1 unspecified atom stereocenters. The average molecular weight is 370 g/mol. The first-order valence-corrected chi connectivity index (χ1v) is 9.68. The van der Waals surface area contributed by atoms with E-state index in [2.05, 4.69) is 27.3 Å². The van der Waals surface area contributed by atoms with Gasteiger partial charge in [-0.25, -0.2) is 0 Å². The number of benzene rings is 1. The Morgan fingerprint density at radius 3 is 2.59 bits per heavy atom. The molecule has 2 aromatic rings. The lowest BCUT2D eigenvalue weighted by Crippen LogP contribution is -2.48. The predicted molar refractivity (Wildman–Crippen MR) is 107 cm³/mol. The summed E-state index contributed by atoms with van der Waals surface area (Å²) in [6.45, 7) is 8.84. The second-order valence-electron chi connectivity index (χ2n) is 7.18. The van der Waals surface area contributed by atoms with Gasteiger partial charge in [-0.15, -0.1) is 0 Å². The second-order valence-corrected chi connectivity index (χ2v) is 7.18. The van der Waals surface area contributed by atoms with Crippen molar-refractivity contribution in [2.75, 3.05) is 26.7 Å². The molecule has 0 radical (unpaired) electrons. The van der Waals surface area contributed by atoms with Crippen LogP contribution in [0.1, 0.15) is 42.7 Å². The van der Waals surface area contributed by atoms with Gasteiger partial charge in [0.05, 0.1) is 5.69 Å². The number of hydrogen-bond donors (Lipinski definition) is 1. The predicted octanol–water partition coefficient (Wildman–Crippen LogP) is 3.51. The van der Waals surface area contributed by atoms with Crippen LogP contribution in [-0.2, 0) is 0 Å². The topological polar surface area (TPSA) is 62.9 Å². The van der Waals surface area contributed by atoms with Crippen molar-refractivity contribution in [1.29, 1.82) is 0 Å². The highest BCUT2D eigenvalue weighted by Crippen LogP contribution is 2.23. The van der Waals surface area contributed by atoms with Gasteiger partial charge in [0.1, 0.15) is 17.6 Å². The van der Waals surface area contributed by atoms with Crippen molar-refractivity contribution < 1.29 is 9.26 Å². The fourth-order valence-electron chi connectivity index (χ4n) is 3.75.